The minimum absolute atomic E-state index is 0.120. The lowest BCUT2D eigenvalue weighted by atomic mass is 10.1. The predicted octanol–water partition coefficient (Wildman–Crippen LogP) is 3.90. The van der Waals surface area contributed by atoms with Gasteiger partial charge in [-0.1, -0.05) is 31.2 Å². The number of thiazole rings is 1. The third-order valence-electron chi connectivity index (χ3n) is 5.36. The Morgan fingerprint density at radius 2 is 1.85 bits per heavy atom. The lowest BCUT2D eigenvalue weighted by Crippen LogP contribution is -2.28. The number of aromatic nitrogens is 1. The summed E-state index contributed by atoms with van der Waals surface area (Å²) in [5.41, 5.74) is 4.00. The van der Waals surface area contributed by atoms with Gasteiger partial charge in [-0.3, -0.25) is 9.59 Å². The van der Waals surface area contributed by atoms with E-state index in [1.807, 2.05) is 12.3 Å². The number of amides is 2. The van der Waals surface area contributed by atoms with Gasteiger partial charge < -0.3 is 20.6 Å². The molecular formula is C26H32N4O3S. The van der Waals surface area contributed by atoms with Crippen molar-refractivity contribution in [3.8, 4) is 5.75 Å². The molecule has 0 aliphatic carbocycles. The van der Waals surface area contributed by atoms with Crippen molar-refractivity contribution in [1.29, 1.82) is 0 Å². The van der Waals surface area contributed by atoms with Crippen molar-refractivity contribution in [2.24, 2.45) is 0 Å². The summed E-state index contributed by atoms with van der Waals surface area (Å²) in [6, 6.07) is 12.8. The number of rotatable bonds is 11. The standard InChI is InChI=1S/C26H32N4O3S/c1-4-19-7-5-8-20(11-19)15-27-9-6-10-28-25(32)21-12-22(14-23(31)13-21)26(33)30(3)16-24-29-18(2)17-34-24/h5,7-8,11-14,17,27,31H,4,6,9-10,15-16H2,1-3H3,(H,28,32). The lowest BCUT2D eigenvalue weighted by molar-refractivity contribution is 0.0784. The highest BCUT2D eigenvalue weighted by atomic mass is 32.1. The van der Waals surface area contributed by atoms with Gasteiger partial charge in [-0.25, -0.2) is 4.98 Å². The van der Waals surface area contributed by atoms with Crippen LogP contribution in [0.3, 0.4) is 0 Å². The third-order valence-corrected chi connectivity index (χ3v) is 6.31. The number of hydrogen-bond acceptors (Lipinski definition) is 6. The summed E-state index contributed by atoms with van der Waals surface area (Å²) in [5, 5.41) is 19.1. The van der Waals surface area contributed by atoms with Gasteiger partial charge in [0, 0.05) is 42.3 Å². The minimum Gasteiger partial charge on any atom is -0.508 e. The molecule has 2 aromatic carbocycles. The molecule has 8 heteroatoms. The Morgan fingerprint density at radius 3 is 2.59 bits per heavy atom. The molecule has 3 aromatic rings. The number of carbonyl (C=O) groups excluding carboxylic acids is 2. The van der Waals surface area contributed by atoms with E-state index in [0.717, 1.165) is 36.6 Å². The van der Waals surface area contributed by atoms with E-state index < -0.39 is 0 Å². The van der Waals surface area contributed by atoms with Crippen LogP contribution in [0.5, 0.6) is 5.75 Å². The maximum atomic E-state index is 12.8. The molecule has 3 rings (SSSR count). The Hall–Kier alpha value is -3.23. The lowest BCUT2D eigenvalue weighted by Gasteiger charge is -2.16. The highest BCUT2D eigenvalue weighted by Gasteiger charge is 2.17. The molecule has 0 saturated carbocycles. The summed E-state index contributed by atoms with van der Waals surface area (Å²) in [7, 11) is 1.67. The number of aromatic hydroxyl groups is 1. The van der Waals surface area contributed by atoms with Crippen LogP contribution in [0.25, 0.3) is 0 Å². The highest BCUT2D eigenvalue weighted by Crippen LogP contribution is 2.19. The zero-order valence-corrected chi connectivity index (χ0v) is 20.7. The minimum atomic E-state index is -0.321. The average Bonchev–Trinajstić information content (AvgIpc) is 3.24. The SMILES string of the molecule is CCc1cccc(CNCCCNC(=O)c2cc(O)cc(C(=O)N(C)Cc3nc(C)cs3)c2)c1. The maximum Gasteiger partial charge on any atom is 0.254 e. The topological polar surface area (TPSA) is 94.6 Å². The van der Waals surface area contributed by atoms with E-state index in [2.05, 4.69) is 46.8 Å². The van der Waals surface area contributed by atoms with E-state index in [0.29, 0.717) is 13.1 Å². The molecule has 34 heavy (non-hydrogen) atoms. The number of phenols is 1. The fraction of sp³-hybridized carbons (Fsp3) is 0.346. The van der Waals surface area contributed by atoms with Gasteiger partial charge in [-0.15, -0.1) is 11.3 Å². The second kappa shape index (κ2) is 12.3. The Kier molecular flexibility index (Phi) is 9.18. The summed E-state index contributed by atoms with van der Waals surface area (Å²) in [4.78, 5) is 31.3. The molecule has 2 amide bonds. The summed E-state index contributed by atoms with van der Waals surface area (Å²) in [6.45, 7) is 6.45. The molecule has 0 saturated heterocycles. The van der Waals surface area contributed by atoms with Crippen LogP contribution in [0.2, 0.25) is 0 Å². The van der Waals surface area contributed by atoms with Crippen LogP contribution in [0, 0.1) is 6.92 Å². The first kappa shape index (κ1) is 25.4. The number of aryl methyl sites for hydroxylation is 2. The molecule has 0 atom stereocenters. The molecule has 3 N–H and O–H groups in total. The fourth-order valence-electron chi connectivity index (χ4n) is 3.55. The van der Waals surface area contributed by atoms with Crippen molar-refractivity contribution in [3.05, 3.63) is 80.8 Å². The van der Waals surface area contributed by atoms with Gasteiger partial charge in [0.1, 0.15) is 10.8 Å². The molecule has 0 aliphatic heterocycles. The van der Waals surface area contributed by atoms with Crippen LogP contribution in [0.15, 0.2) is 47.8 Å². The van der Waals surface area contributed by atoms with E-state index in [4.69, 9.17) is 0 Å². The van der Waals surface area contributed by atoms with Crippen LogP contribution < -0.4 is 10.6 Å². The van der Waals surface area contributed by atoms with Gasteiger partial charge in [0.15, 0.2) is 0 Å². The Labute approximate surface area is 204 Å². The van der Waals surface area contributed by atoms with Crippen molar-refractivity contribution in [2.45, 2.75) is 39.8 Å². The summed E-state index contributed by atoms with van der Waals surface area (Å²) < 4.78 is 0. The van der Waals surface area contributed by atoms with Gasteiger partial charge in [0.25, 0.3) is 11.8 Å². The summed E-state index contributed by atoms with van der Waals surface area (Å²) in [6.07, 6.45) is 1.78. The summed E-state index contributed by atoms with van der Waals surface area (Å²) in [5.74, 6) is -0.724. The molecule has 0 unspecified atom stereocenters. The zero-order chi connectivity index (χ0) is 24.5. The third kappa shape index (κ3) is 7.40. The van der Waals surface area contributed by atoms with Crippen LogP contribution in [0.1, 0.15) is 55.9 Å². The first-order valence-electron chi connectivity index (χ1n) is 11.4. The smallest absolute Gasteiger partial charge is 0.254 e. The Morgan fingerprint density at radius 1 is 1.09 bits per heavy atom. The monoisotopic (exact) mass is 480 g/mol. The van der Waals surface area contributed by atoms with Crippen molar-refractivity contribution in [3.63, 3.8) is 0 Å². The number of nitrogens with zero attached hydrogens (tertiary/aromatic N) is 2. The van der Waals surface area contributed by atoms with Crippen molar-refractivity contribution >= 4 is 23.2 Å². The Balaban J connectivity index is 1.47. The van der Waals surface area contributed by atoms with Gasteiger partial charge in [0.2, 0.25) is 0 Å². The van der Waals surface area contributed by atoms with Gasteiger partial charge >= 0.3 is 0 Å². The van der Waals surface area contributed by atoms with Crippen LogP contribution in [-0.4, -0.2) is 46.9 Å². The molecule has 0 spiro atoms. The van der Waals surface area contributed by atoms with E-state index in [1.54, 1.807) is 7.05 Å². The number of nitrogens with one attached hydrogen (secondary N) is 2. The molecule has 1 heterocycles. The quantitative estimate of drug-likeness (QED) is 0.362. The molecule has 7 nitrogen and oxygen atoms in total. The number of phenolic OH excluding ortho intramolecular Hbond substituents is 1. The fourth-order valence-corrected chi connectivity index (χ4v) is 4.37. The zero-order valence-electron chi connectivity index (χ0n) is 19.9. The second-order valence-electron chi connectivity index (χ2n) is 8.27. The van der Waals surface area contributed by atoms with E-state index in [9.17, 15) is 14.7 Å². The van der Waals surface area contributed by atoms with Crippen molar-refractivity contribution < 1.29 is 14.7 Å². The van der Waals surface area contributed by atoms with Gasteiger partial charge in [0.05, 0.1) is 6.54 Å². The molecular weight excluding hydrogens is 448 g/mol. The number of carbonyl (C=O) groups is 2. The van der Waals surface area contributed by atoms with Gasteiger partial charge in [-0.2, -0.15) is 0 Å². The van der Waals surface area contributed by atoms with Gasteiger partial charge in [-0.05, 0) is 55.6 Å². The normalized spacial score (nSPS) is 10.8. The molecule has 0 bridgehead atoms. The average molecular weight is 481 g/mol. The van der Waals surface area contributed by atoms with Crippen LogP contribution in [0.4, 0.5) is 0 Å². The molecule has 0 aliphatic rings. The highest BCUT2D eigenvalue weighted by molar-refractivity contribution is 7.09. The second-order valence-corrected chi connectivity index (χ2v) is 9.21. The number of hydrogen-bond donors (Lipinski definition) is 3. The van der Waals surface area contributed by atoms with E-state index >= 15 is 0 Å². The van der Waals surface area contributed by atoms with Crippen LogP contribution >= 0.6 is 11.3 Å². The molecule has 0 radical (unpaired) electrons. The van der Waals surface area contributed by atoms with E-state index in [1.165, 1.54) is 45.6 Å². The molecule has 0 fully saturated rings. The molecule has 180 valence electrons. The van der Waals surface area contributed by atoms with Crippen molar-refractivity contribution in [2.75, 3.05) is 20.1 Å². The first-order valence-corrected chi connectivity index (χ1v) is 12.3. The largest absolute Gasteiger partial charge is 0.508 e. The first-order chi connectivity index (χ1) is 16.4. The van der Waals surface area contributed by atoms with Crippen molar-refractivity contribution in [1.82, 2.24) is 20.5 Å². The van der Waals surface area contributed by atoms with Crippen LogP contribution in [-0.2, 0) is 19.5 Å². The van der Waals surface area contributed by atoms with E-state index in [-0.39, 0.29) is 28.7 Å². The summed E-state index contributed by atoms with van der Waals surface area (Å²) >= 11 is 1.49. The predicted molar refractivity (Wildman–Crippen MR) is 135 cm³/mol. The Bertz CT molecular complexity index is 1130. The maximum absolute atomic E-state index is 12.8. The number of benzene rings is 2. The molecule has 1 aromatic heterocycles.